The SMILES string of the molecule is Cc1ccc2nc(NC3CCC(C)CC3)c(C=C3SC(=S)N(C4CCCC4)C3=O)c(=O)n2c1. The van der Waals surface area contributed by atoms with Gasteiger partial charge in [-0.3, -0.25) is 18.9 Å². The summed E-state index contributed by atoms with van der Waals surface area (Å²) in [5, 5.41) is 3.55. The lowest BCUT2D eigenvalue weighted by molar-refractivity contribution is -0.123. The minimum absolute atomic E-state index is 0.0805. The van der Waals surface area contributed by atoms with Crippen LogP contribution in [0, 0.1) is 12.8 Å². The van der Waals surface area contributed by atoms with Crippen molar-refractivity contribution in [3.63, 3.8) is 0 Å². The summed E-state index contributed by atoms with van der Waals surface area (Å²) in [6, 6.07) is 4.29. The predicted octanol–water partition coefficient (Wildman–Crippen LogP) is 5.14. The van der Waals surface area contributed by atoms with E-state index in [1.807, 2.05) is 19.1 Å². The van der Waals surface area contributed by atoms with Crippen molar-refractivity contribution in [2.45, 2.75) is 77.3 Å². The summed E-state index contributed by atoms with van der Waals surface area (Å²) in [7, 11) is 0. The van der Waals surface area contributed by atoms with Crippen molar-refractivity contribution in [3.05, 3.63) is 44.7 Å². The lowest BCUT2D eigenvalue weighted by atomic mass is 9.87. The van der Waals surface area contributed by atoms with E-state index in [1.54, 1.807) is 21.6 Å². The van der Waals surface area contributed by atoms with Crippen molar-refractivity contribution >= 4 is 51.7 Å². The standard InChI is InChI=1S/C25H30N4O2S2/c1-15-7-10-17(11-8-15)26-22-19(23(30)28-14-16(2)9-12-21(28)27-22)13-20-24(31)29(25(32)33-20)18-5-3-4-6-18/h9,12-15,17-18,26H,3-8,10-11H2,1-2H3. The second kappa shape index (κ2) is 9.22. The highest BCUT2D eigenvalue weighted by atomic mass is 32.2. The van der Waals surface area contributed by atoms with Crippen LogP contribution in [-0.4, -0.2) is 36.6 Å². The molecule has 2 saturated carbocycles. The van der Waals surface area contributed by atoms with Crippen LogP contribution in [0.4, 0.5) is 5.82 Å². The number of carbonyl (C=O) groups is 1. The molecule has 1 N–H and O–H groups in total. The minimum atomic E-state index is -0.165. The quantitative estimate of drug-likeness (QED) is 0.481. The zero-order valence-corrected chi connectivity index (χ0v) is 20.8. The predicted molar refractivity (Wildman–Crippen MR) is 139 cm³/mol. The Labute approximate surface area is 203 Å². The molecule has 3 aliphatic rings. The van der Waals surface area contributed by atoms with Gasteiger partial charge >= 0.3 is 0 Å². The van der Waals surface area contributed by atoms with E-state index in [4.69, 9.17) is 17.2 Å². The van der Waals surface area contributed by atoms with Gasteiger partial charge in [0.15, 0.2) is 0 Å². The molecule has 3 heterocycles. The molecule has 1 saturated heterocycles. The van der Waals surface area contributed by atoms with Crippen LogP contribution in [0.15, 0.2) is 28.0 Å². The van der Waals surface area contributed by atoms with Crippen molar-refractivity contribution in [2.24, 2.45) is 5.92 Å². The summed E-state index contributed by atoms with van der Waals surface area (Å²) in [6.45, 7) is 4.24. The van der Waals surface area contributed by atoms with E-state index in [0.717, 1.165) is 50.0 Å². The molecule has 1 aliphatic heterocycles. The molecule has 0 bridgehead atoms. The highest BCUT2D eigenvalue weighted by molar-refractivity contribution is 8.26. The Morgan fingerprint density at radius 2 is 1.85 bits per heavy atom. The molecule has 2 aromatic heterocycles. The Morgan fingerprint density at radius 1 is 1.12 bits per heavy atom. The summed E-state index contributed by atoms with van der Waals surface area (Å²) < 4.78 is 2.17. The van der Waals surface area contributed by atoms with Gasteiger partial charge in [-0.2, -0.15) is 0 Å². The first-order valence-corrected chi connectivity index (χ1v) is 13.2. The van der Waals surface area contributed by atoms with E-state index in [2.05, 4.69) is 12.2 Å². The number of fused-ring (bicyclic) bond motifs is 1. The van der Waals surface area contributed by atoms with Crippen molar-refractivity contribution in [1.29, 1.82) is 0 Å². The van der Waals surface area contributed by atoms with Crippen molar-refractivity contribution in [2.75, 3.05) is 5.32 Å². The number of thioether (sulfide) groups is 1. The Hall–Kier alpha value is -2.19. The number of thiocarbonyl (C=S) groups is 1. The minimum Gasteiger partial charge on any atom is -0.367 e. The molecule has 2 aliphatic carbocycles. The number of rotatable bonds is 4. The summed E-state index contributed by atoms with van der Waals surface area (Å²) in [6.07, 6.45) is 12.2. The van der Waals surface area contributed by atoms with Gasteiger partial charge in [0, 0.05) is 18.3 Å². The van der Waals surface area contributed by atoms with E-state index < -0.39 is 0 Å². The third-order valence-corrected chi connectivity index (χ3v) is 8.48. The molecule has 0 radical (unpaired) electrons. The highest BCUT2D eigenvalue weighted by Crippen LogP contribution is 2.38. The van der Waals surface area contributed by atoms with Crippen LogP contribution in [0.25, 0.3) is 11.7 Å². The van der Waals surface area contributed by atoms with Gasteiger partial charge in [-0.25, -0.2) is 4.98 Å². The first kappa shape index (κ1) is 22.6. The van der Waals surface area contributed by atoms with E-state index in [9.17, 15) is 9.59 Å². The van der Waals surface area contributed by atoms with E-state index in [1.165, 1.54) is 24.6 Å². The third-order valence-electron chi connectivity index (χ3n) is 7.15. The second-order valence-electron chi connectivity index (χ2n) is 9.71. The molecule has 0 spiro atoms. The fraction of sp³-hybridized carbons (Fsp3) is 0.520. The molecular formula is C25H30N4O2S2. The molecule has 6 nitrogen and oxygen atoms in total. The third kappa shape index (κ3) is 4.47. The molecule has 8 heteroatoms. The molecule has 0 unspecified atom stereocenters. The van der Waals surface area contributed by atoms with Crippen LogP contribution in [0.3, 0.4) is 0 Å². The fourth-order valence-corrected chi connectivity index (χ4v) is 6.57. The van der Waals surface area contributed by atoms with Crippen molar-refractivity contribution < 1.29 is 4.79 Å². The maximum Gasteiger partial charge on any atom is 0.267 e. The van der Waals surface area contributed by atoms with Crippen LogP contribution in [0.2, 0.25) is 0 Å². The average Bonchev–Trinajstić information content (AvgIpc) is 3.40. The Balaban J connectivity index is 1.55. The fourth-order valence-electron chi connectivity index (χ4n) is 5.18. The normalized spacial score (nSPS) is 25.5. The number of anilines is 1. The van der Waals surface area contributed by atoms with Crippen LogP contribution in [0.1, 0.15) is 69.4 Å². The number of hydrogen-bond acceptors (Lipinski definition) is 6. The van der Waals surface area contributed by atoms with Gasteiger partial charge in [-0.1, -0.05) is 49.8 Å². The zero-order chi connectivity index (χ0) is 23.1. The largest absolute Gasteiger partial charge is 0.367 e. The molecule has 5 rings (SSSR count). The van der Waals surface area contributed by atoms with Gasteiger partial charge in [-0.05, 0) is 69.1 Å². The topological polar surface area (TPSA) is 66.7 Å². The Kier molecular flexibility index (Phi) is 6.31. The summed E-state index contributed by atoms with van der Waals surface area (Å²) in [5.74, 6) is 1.22. The second-order valence-corrected chi connectivity index (χ2v) is 11.4. The number of nitrogens with zero attached hydrogens (tertiary/aromatic N) is 3. The number of nitrogens with one attached hydrogen (secondary N) is 1. The highest BCUT2D eigenvalue weighted by Gasteiger charge is 2.38. The molecule has 2 aromatic rings. The lowest BCUT2D eigenvalue weighted by Crippen LogP contribution is -2.36. The Bertz CT molecular complexity index is 1190. The monoisotopic (exact) mass is 482 g/mol. The number of aryl methyl sites for hydroxylation is 1. The van der Waals surface area contributed by atoms with Gasteiger partial charge in [0.25, 0.3) is 11.5 Å². The van der Waals surface area contributed by atoms with Gasteiger partial charge in [0.1, 0.15) is 15.8 Å². The van der Waals surface area contributed by atoms with Crippen LogP contribution in [0.5, 0.6) is 0 Å². The molecule has 1 amide bonds. The molecule has 0 aromatic carbocycles. The summed E-state index contributed by atoms with van der Waals surface area (Å²) >= 11 is 6.86. The molecule has 33 heavy (non-hydrogen) atoms. The molecular weight excluding hydrogens is 452 g/mol. The molecule has 3 fully saturated rings. The van der Waals surface area contributed by atoms with E-state index in [0.29, 0.717) is 26.3 Å². The lowest BCUT2D eigenvalue weighted by Gasteiger charge is -2.27. The molecule has 0 atom stereocenters. The smallest absolute Gasteiger partial charge is 0.267 e. The maximum atomic E-state index is 13.6. The number of amides is 1. The van der Waals surface area contributed by atoms with Gasteiger partial charge in [0.05, 0.1) is 10.5 Å². The number of carbonyl (C=O) groups excluding carboxylic acids is 1. The average molecular weight is 483 g/mol. The number of pyridine rings is 1. The van der Waals surface area contributed by atoms with Gasteiger partial charge < -0.3 is 5.32 Å². The number of aromatic nitrogens is 2. The van der Waals surface area contributed by atoms with Gasteiger partial charge in [0.2, 0.25) is 0 Å². The van der Waals surface area contributed by atoms with E-state index >= 15 is 0 Å². The number of hydrogen-bond donors (Lipinski definition) is 1. The Morgan fingerprint density at radius 3 is 2.58 bits per heavy atom. The van der Waals surface area contributed by atoms with Crippen molar-refractivity contribution in [1.82, 2.24) is 14.3 Å². The molecule has 174 valence electrons. The summed E-state index contributed by atoms with van der Waals surface area (Å²) in [5.41, 5.74) is 1.85. The van der Waals surface area contributed by atoms with Crippen LogP contribution >= 0.6 is 24.0 Å². The first-order valence-electron chi connectivity index (χ1n) is 12.0. The maximum absolute atomic E-state index is 13.6. The van der Waals surface area contributed by atoms with Crippen LogP contribution < -0.4 is 10.9 Å². The van der Waals surface area contributed by atoms with E-state index in [-0.39, 0.29) is 23.6 Å². The van der Waals surface area contributed by atoms with Crippen LogP contribution in [-0.2, 0) is 4.79 Å². The summed E-state index contributed by atoms with van der Waals surface area (Å²) in [4.78, 5) is 33.9. The van der Waals surface area contributed by atoms with Crippen molar-refractivity contribution in [3.8, 4) is 0 Å². The first-order chi connectivity index (χ1) is 15.9. The van der Waals surface area contributed by atoms with Gasteiger partial charge in [-0.15, -0.1) is 0 Å². The zero-order valence-electron chi connectivity index (χ0n) is 19.2.